The molecule has 0 aromatic carbocycles. The van der Waals surface area contributed by atoms with Crippen LogP contribution < -0.4 is 0 Å². The molecule has 0 atom stereocenters. The Morgan fingerprint density at radius 2 is 1.52 bits per heavy atom. The number of carbonyl (C=O) groups excluding carboxylic acids is 2. The van der Waals surface area contributed by atoms with E-state index in [0.29, 0.717) is 25.7 Å². The highest BCUT2D eigenvalue weighted by Gasteiger charge is 2.44. The van der Waals surface area contributed by atoms with Crippen LogP contribution in [0.4, 0.5) is 0 Å². The lowest BCUT2D eigenvalue weighted by atomic mass is 9.67. The number of ketones is 2. The first-order valence-electron chi connectivity index (χ1n) is 9.50. The van der Waals surface area contributed by atoms with E-state index in [9.17, 15) is 9.59 Å². The van der Waals surface area contributed by atoms with Gasteiger partial charge in [0.15, 0.2) is 0 Å². The third-order valence-corrected chi connectivity index (χ3v) is 4.98. The molecule has 0 aliphatic heterocycles. The molecule has 0 aromatic rings. The first-order chi connectivity index (χ1) is 11.2. The van der Waals surface area contributed by atoms with Crippen molar-refractivity contribution in [2.45, 2.75) is 90.4 Å². The van der Waals surface area contributed by atoms with Crippen LogP contribution in [0, 0.1) is 5.41 Å². The molecule has 1 aliphatic rings. The van der Waals surface area contributed by atoms with Gasteiger partial charge in [-0.15, -0.1) is 6.58 Å². The molecule has 0 bridgehead atoms. The van der Waals surface area contributed by atoms with Gasteiger partial charge in [0, 0.05) is 12.8 Å². The fraction of sp³-hybridized carbons (Fsp3) is 0.714. The fourth-order valence-corrected chi connectivity index (χ4v) is 3.45. The SMILES string of the molecule is C=CCC1(CC=CCCCCCCCCC)C(=O)CCCC1=O. The third kappa shape index (κ3) is 6.45. The van der Waals surface area contributed by atoms with E-state index < -0.39 is 5.41 Å². The molecular weight excluding hydrogens is 284 g/mol. The maximum atomic E-state index is 12.3. The van der Waals surface area contributed by atoms with Gasteiger partial charge < -0.3 is 0 Å². The summed E-state index contributed by atoms with van der Waals surface area (Å²) in [5.74, 6) is 0.239. The number of allylic oxidation sites excluding steroid dienone is 3. The molecule has 1 fully saturated rings. The number of rotatable bonds is 12. The summed E-state index contributed by atoms with van der Waals surface area (Å²) in [7, 11) is 0. The number of unbranched alkanes of at least 4 members (excludes halogenated alkanes) is 7. The smallest absolute Gasteiger partial charge is 0.147 e. The van der Waals surface area contributed by atoms with Crippen LogP contribution in [0.2, 0.25) is 0 Å². The minimum atomic E-state index is -0.795. The molecule has 0 heterocycles. The molecule has 1 aliphatic carbocycles. The average Bonchev–Trinajstić information content (AvgIpc) is 2.54. The molecule has 0 radical (unpaired) electrons. The van der Waals surface area contributed by atoms with Crippen molar-refractivity contribution in [2.75, 3.05) is 0 Å². The second-order valence-electron chi connectivity index (χ2n) is 6.86. The first kappa shape index (κ1) is 19.9. The predicted octanol–water partition coefficient (Wildman–Crippen LogP) is 5.96. The molecule has 2 heteroatoms. The van der Waals surface area contributed by atoms with Gasteiger partial charge >= 0.3 is 0 Å². The second kappa shape index (κ2) is 11.4. The largest absolute Gasteiger partial charge is 0.299 e. The lowest BCUT2D eigenvalue weighted by molar-refractivity contribution is -0.143. The average molecular weight is 319 g/mol. The van der Waals surface area contributed by atoms with Crippen molar-refractivity contribution >= 4 is 11.6 Å². The summed E-state index contributed by atoms with van der Waals surface area (Å²) in [5.41, 5.74) is -0.795. The fourth-order valence-electron chi connectivity index (χ4n) is 3.45. The van der Waals surface area contributed by atoms with Crippen molar-refractivity contribution in [1.82, 2.24) is 0 Å². The van der Waals surface area contributed by atoms with E-state index in [4.69, 9.17) is 0 Å². The number of hydrogen-bond donors (Lipinski definition) is 0. The number of hydrogen-bond acceptors (Lipinski definition) is 2. The van der Waals surface area contributed by atoms with Crippen molar-refractivity contribution in [3.8, 4) is 0 Å². The second-order valence-corrected chi connectivity index (χ2v) is 6.86. The van der Waals surface area contributed by atoms with Crippen LogP contribution in [0.25, 0.3) is 0 Å². The van der Waals surface area contributed by atoms with Gasteiger partial charge in [-0.25, -0.2) is 0 Å². The number of Topliss-reactive ketones (excluding diaryl/α,β-unsaturated/α-hetero) is 2. The summed E-state index contributed by atoms with van der Waals surface area (Å²) < 4.78 is 0. The predicted molar refractivity (Wildman–Crippen MR) is 97.5 cm³/mol. The highest BCUT2D eigenvalue weighted by atomic mass is 16.2. The van der Waals surface area contributed by atoms with Crippen LogP contribution in [0.15, 0.2) is 24.8 Å². The van der Waals surface area contributed by atoms with Crippen molar-refractivity contribution in [3.05, 3.63) is 24.8 Å². The molecule has 1 rings (SSSR count). The Bertz CT molecular complexity index is 390. The van der Waals surface area contributed by atoms with Gasteiger partial charge in [-0.05, 0) is 32.1 Å². The lowest BCUT2D eigenvalue weighted by Crippen LogP contribution is -2.41. The minimum absolute atomic E-state index is 0.120. The van der Waals surface area contributed by atoms with E-state index in [0.717, 1.165) is 12.8 Å². The molecule has 0 amide bonds. The molecule has 0 saturated heterocycles. The van der Waals surface area contributed by atoms with Crippen LogP contribution in [0.1, 0.15) is 90.4 Å². The summed E-state index contributed by atoms with van der Waals surface area (Å²) in [6.07, 6.45) is 19.0. The maximum Gasteiger partial charge on any atom is 0.147 e. The van der Waals surface area contributed by atoms with Crippen molar-refractivity contribution in [2.24, 2.45) is 5.41 Å². The molecule has 0 N–H and O–H groups in total. The maximum absolute atomic E-state index is 12.3. The zero-order chi connectivity index (χ0) is 17.0. The molecular formula is C21H34O2. The first-order valence-corrected chi connectivity index (χ1v) is 9.50. The van der Waals surface area contributed by atoms with Gasteiger partial charge in [0.1, 0.15) is 11.6 Å². The zero-order valence-corrected chi connectivity index (χ0v) is 14.9. The number of carbonyl (C=O) groups is 2. The molecule has 0 aromatic heterocycles. The highest BCUT2D eigenvalue weighted by molar-refractivity contribution is 6.09. The Balaban J connectivity index is 2.31. The molecule has 2 nitrogen and oxygen atoms in total. The van der Waals surface area contributed by atoms with E-state index in [2.05, 4.69) is 25.7 Å². The quantitative estimate of drug-likeness (QED) is 0.253. The third-order valence-electron chi connectivity index (χ3n) is 4.98. The molecule has 0 spiro atoms. The molecule has 1 saturated carbocycles. The summed E-state index contributed by atoms with van der Waals surface area (Å²) in [5, 5.41) is 0. The Hall–Kier alpha value is -1.18. The van der Waals surface area contributed by atoms with Gasteiger partial charge in [0.2, 0.25) is 0 Å². The monoisotopic (exact) mass is 318 g/mol. The van der Waals surface area contributed by atoms with Crippen LogP contribution in [-0.2, 0) is 9.59 Å². The van der Waals surface area contributed by atoms with Crippen molar-refractivity contribution in [3.63, 3.8) is 0 Å². The highest BCUT2D eigenvalue weighted by Crippen LogP contribution is 2.37. The Morgan fingerprint density at radius 3 is 2.13 bits per heavy atom. The Kier molecular flexibility index (Phi) is 9.82. The lowest BCUT2D eigenvalue weighted by Gasteiger charge is -2.32. The van der Waals surface area contributed by atoms with E-state index in [1.807, 2.05) is 0 Å². The van der Waals surface area contributed by atoms with Crippen LogP contribution in [-0.4, -0.2) is 11.6 Å². The van der Waals surface area contributed by atoms with Gasteiger partial charge in [0.05, 0.1) is 5.41 Å². The van der Waals surface area contributed by atoms with Gasteiger partial charge in [-0.1, -0.05) is 63.7 Å². The Labute approximate surface area is 142 Å². The van der Waals surface area contributed by atoms with Gasteiger partial charge in [-0.2, -0.15) is 0 Å². The zero-order valence-electron chi connectivity index (χ0n) is 14.9. The van der Waals surface area contributed by atoms with Gasteiger partial charge in [-0.3, -0.25) is 9.59 Å². The Morgan fingerprint density at radius 1 is 0.913 bits per heavy atom. The van der Waals surface area contributed by atoms with Crippen LogP contribution in [0.5, 0.6) is 0 Å². The van der Waals surface area contributed by atoms with Gasteiger partial charge in [0.25, 0.3) is 0 Å². The molecule has 0 unspecified atom stereocenters. The van der Waals surface area contributed by atoms with Crippen molar-refractivity contribution < 1.29 is 9.59 Å². The van der Waals surface area contributed by atoms with E-state index >= 15 is 0 Å². The summed E-state index contributed by atoms with van der Waals surface area (Å²) in [6, 6.07) is 0. The van der Waals surface area contributed by atoms with E-state index in [-0.39, 0.29) is 11.6 Å². The standard InChI is InChI=1S/C21H34O2/c1-3-5-6-7-8-9-10-11-12-13-18-21(17-4-2)19(22)15-14-16-20(21)23/h4,12-13H,2-3,5-11,14-18H2,1H3. The topological polar surface area (TPSA) is 34.1 Å². The van der Waals surface area contributed by atoms with Crippen molar-refractivity contribution in [1.29, 1.82) is 0 Å². The summed E-state index contributed by atoms with van der Waals surface area (Å²) in [6.45, 7) is 5.98. The summed E-state index contributed by atoms with van der Waals surface area (Å²) in [4.78, 5) is 24.6. The van der Waals surface area contributed by atoms with E-state index in [1.54, 1.807) is 6.08 Å². The minimum Gasteiger partial charge on any atom is -0.299 e. The molecule has 23 heavy (non-hydrogen) atoms. The van der Waals surface area contributed by atoms with Crippen LogP contribution in [0.3, 0.4) is 0 Å². The van der Waals surface area contributed by atoms with E-state index in [1.165, 1.54) is 44.9 Å². The molecule has 130 valence electrons. The van der Waals surface area contributed by atoms with Crippen LogP contribution >= 0.6 is 0 Å². The summed E-state index contributed by atoms with van der Waals surface area (Å²) >= 11 is 0. The normalized spacial score (nSPS) is 17.8.